The lowest BCUT2D eigenvalue weighted by Gasteiger charge is -2.24. The quantitative estimate of drug-likeness (QED) is 0.483. The van der Waals surface area contributed by atoms with E-state index in [0.29, 0.717) is 36.8 Å². The van der Waals surface area contributed by atoms with Crippen LogP contribution in [0.4, 0.5) is 5.69 Å². The molecule has 2 heterocycles. The third-order valence-corrected chi connectivity index (χ3v) is 5.73. The van der Waals surface area contributed by atoms with Gasteiger partial charge >= 0.3 is 5.91 Å². The van der Waals surface area contributed by atoms with Gasteiger partial charge in [-0.3, -0.25) is 9.36 Å². The molecule has 1 aliphatic rings. The Hall–Kier alpha value is -2.95. The highest BCUT2D eigenvalue weighted by Gasteiger charge is 2.22. The van der Waals surface area contributed by atoms with E-state index < -0.39 is 5.91 Å². The molecule has 0 spiro atoms. The van der Waals surface area contributed by atoms with Gasteiger partial charge in [-0.05, 0) is 42.5 Å². The summed E-state index contributed by atoms with van der Waals surface area (Å²) < 4.78 is 18.6. The fourth-order valence-corrected chi connectivity index (χ4v) is 3.91. The van der Waals surface area contributed by atoms with Gasteiger partial charge in [0.05, 0.1) is 25.8 Å². The van der Waals surface area contributed by atoms with Crippen molar-refractivity contribution in [3.05, 3.63) is 46.9 Å². The van der Waals surface area contributed by atoms with Crippen molar-refractivity contribution in [1.82, 2.24) is 4.57 Å². The lowest BCUT2D eigenvalue weighted by molar-refractivity contribution is -0.930. The van der Waals surface area contributed by atoms with Crippen molar-refractivity contribution in [2.75, 3.05) is 40.0 Å². The lowest BCUT2D eigenvalue weighted by Crippen LogP contribution is -3.13. The number of methoxy groups -OCH3 is 1. The number of rotatable bonds is 7. The minimum atomic E-state index is -0.560. The number of aromatic hydroxyl groups is 1. The largest absolute Gasteiger partial charge is 0.497 e. The van der Waals surface area contributed by atoms with E-state index in [1.165, 1.54) is 4.90 Å². The predicted octanol–water partition coefficient (Wildman–Crippen LogP) is 2.68. The molecule has 3 aromatic rings. The van der Waals surface area contributed by atoms with E-state index in [-0.39, 0.29) is 18.2 Å². The predicted molar refractivity (Wildman–Crippen MR) is 121 cm³/mol. The van der Waals surface area contributed by atoms with Gasteiger partial charge in [0.1, 0.15) is 24.6 Å². The number of hydrogen-bond acceptors (Lipinski definition) is 6. The fourth-order valence-electron chi connectivity index (χ4n) is 3.55. The fraction of sp³-hybridized carbons (Fsp3) is 0.318. The van der Waals surface area contributed by atoms with Crippen molar-refractivity contribution in [2.45, 2.75) is 6.67 Å². The number of morpholine rings is 1. The first-order valence-electron chi connectivity index (χ1n) is 10.2. The van der Waals surface area contributed by atoms with E-state index in [4.69, 9.17) is 14.2 Å². The number of fused-ring (bicyclic) bond motifs is 1. The maximum atomic E-state index is 12.2. The van der Waals surface area contributed by atoms with E-state index in [2.05, 4.69) is 26.2 Å². The summed E-state index contributed by atoms with van der Waals surface area (Å²) >= 11 is 3.46. The molecule has 10 heteroatoms. The average Bonchev–Trinajstić information content (AvgIpc) is 3.07. The molecule has 0 saturated carbocycles. The first kappa shape index (κ1) is 22.3. The molecule has 2 aromatic carbocycles. The molecule has 1 amide bonds. The zero-order chi connectivity index (χ0) is 22.5. The van der Waals surface area contributed by atoms with Crippen molar-refractivity contribution in [2.24, 2.45) is 10.2 Å². The van der Waals surface area contributed by atoms with E-state index in [1.807, 2.05) is 18.2 Å². The van der Waals surface area contributed by atoms with Gasteiger partial charge in [-0.1, -0.05) is 15.9 Å². The van der Waals surface area contributed by atoms with Crippen LogP contribution in [0.2, 0.25) is 0 Å². The number of halogens is 1. The van der Waals surface area contributed by atoms with Crippen LogP contribution in [0.25, 0.3) is 10.9 Å². The maximum Gasteiger partial charge on any atom is 0.302 e. The molecule has 1 aliphatic heterocycles. The molecule has 9 nitrogen and oxygen atoms in total. The lowest BCUT2D eigenvalue weighted by atomic mass is 10.2. The van der Waals surface area contributed by atoms with Gasteiger partial charge in [0.25, 0.3) is 0 Å². The van der Waals surface area contributed by atoms with Gasteiger partial charge in [0.2, 0.25) is 5.88 Å². The number of aromatic nitrogens is 1. The molecule has 0 unspecified atom stereocenters. The van der Waals surface area contributed by atoms with Crippen LogP contribution in [0.15, 0.2) is 57.2 Å². The Labute approximate surface area is 193 Å². The number of amides is 1. The second-order valence-corrected chi connectivity index (χ2v) is 8.26. The summed E-state index contributed by atoms with van der Waals surface area (Å²) in [7, 11) is 1.58. The molecule has 1 fully saturated rings. The van der Waals surface area contributed by atoms with Gasteiger partial charge < -0.3 is 24.2 Å². The minimum Gasteiger partial charge on any atom is -0.497 e. The Morgan fingerprint density at radius 2 is 1.91 bits per heavy atom. The summed E-state index contributed by atoms with van der Waals surface area (Å²) in [6, 6.07) is 12.6. The average molecular weight is 504 g/mol. The summed E-state index contributed by atoms with van der Waals surface area (Å²) in [6.07, 6.45) is 0. The molecule has 0 aliphatic carbocycles. The van der Waals surface area contributed by atoms with E-state index >= 15 is 0 Å². The third-order valence-electron chi connectivity index (χ3n) is 5.24. The van der Waals surface area contributed by atoms with Gasteiger partial charge in [-0.15, -0.1) is 10.2 Å². The SMILES string of the molecule is COc1ccc(OCC(=O)N=Nc2c(O)n(C[NH+]3CCOCC3)c3ccc(Br)cc23)cc1. The Kier molecular flexibility index (Phi) is 7.03. The molecule has 2 N–H and O–H groups in total. The van der Waals surface area contributed by atoms with Crippen molar-refractivity contribution < 1.29 is 29.0 Å². The number of hydrogen-bond donors (Lipinski definition) is 2. The number of benzene rings is 2. The Balaban J connectivity index is 1.51. The number of carbonyl (C=O) groups excluding carboxylic acids is 1. The summed E-state index contributed by atoms with van der Waals surface area (Å²) in [5.41, 5.74) is 1.08. The van der Waals surface area contributed by atoms with Gasteiger partial charge in [-0.25, -0.2) is 0 Å². The highest BCUT2D eigenvalue weighted by molar-refractivity contribution is 9.10. The van der Waals surface area contributed by atoms with Crippen molar-refractivity contribution in [3.63, 3.8) is 0 Å². The highest BCUT2D eigenvalue weighted by atomic mass is 79.9. The van der Waals surface area contributed by atoms with Crippen molar-refractivity contribution in [1.29, 1.82) is 0 Å². The molecule has 1 saturated heterocycles. The topological polar surface area (TPSA) is 99.1 Å². The number of nitrogens with one attached hydrogen (secondary N) is 1. The number of ether oxygens (including phenoxy) is 3. The van der Waals surface area contributed by atoms with Gasteiger partial charge in [-0.2, -0.15) is 0 Å². The van der Waals surface area contributed by atoms with Gasteiger partial charge in [0.15, 0.2) is 19.0 Å². The zero-order valence-corrected chi connectivity index (χ0v) is 19.2. The molecule has 0 bridgehead atoms. The Morgan fingerprint density at radius 3 is 2.62 bits per heavy atom. The summed E-state index contributed by atoms with van der Waals surface area (Å²) in [4.78, 5) is 13.5. The highest BCUT2D eigenvalue weighted by Crippen LogP contribution is 2.39. The molecule has 0 atom stereocenters. The monoisotopic (exact) mass is 503 g/mol. The molecule has 4 rings (SSSR count). The number of carbonyl (C=O) groups is 1. The van der Waals surface area contributed by atoms with E-state index in [0.717, 1.165) is 23.1 Å². The minimum absolute atomic E-state index is 0.0234. The third kappa shape index (κ3) is 5.09. The molecule has 32 heavy (non-hydrogen) atoms. The molecule has 0 radical (unpaired) electrons. The summed E-state index contributed by atoms with van der Waals surface area (Å²) in [5.74, 6) is 0.631. The summed E-state index contributed by atoms with van der Waals surface area (Å²) in [5, 5.41) is 19.4. The van der Waals surface area contributed by atoms with Crippen molar-refractivity contribution >= 4 is 38.4 Å². The molecule has 168 valence electrons. The Bertz CT molecular complexity index is 1120. The van der Waals surface area contributed by atoms with Crippen LogP contribution in [-0.4, -0.2) is 55.6 Å². The van der Waals surface area contributed by atoms with E-state index in [1.54, 1.807) is 35.9 Å². The van der Waals surface area contributed by atoms with Crippen molar-refractivity contribution in [3.8, 4) is 17.4 Å². The van der Waals surface area contributed by atoms with Crippen LogP contribution in [0.5, 0.6) is 17.4 Å². The standard InChI is InChI=1S/C22H23BrN4O5/c1-30-16-3-5-17(6-4-16)32-13-20(28)24-25-21-18-12-15(23)2-7-19(18)27(22(21)29)14-26-8-10-31-11-9-26/h2-7,12,29H,8-11,13-14H2,1H3/p+1. The number of nitrogens with zero attached hydrogens (tertiary/aromatic N) is 3. The van der Waals surface area contributed by atoms with Crippen LogP contribution < -0.4 is 14.4 Å². The number of azo groups is 1. The smallest absolute Gasteiger partial charge is 0.302 e. The van der Waals surface area contributed by atoms with Crippen LogP contribution in [0, 0.1) is 0 Å². The van der Waals surface area contributed by atoms with Crippen LogP contribution in [0.3, 0.4) is 0 Å². The normalized spacial score (nSPS) is 14.8. The summed E-state index contributed by atoms with van der Waals surface area (Å²) in [6.45, 7) is 3.39. The zero-order valence-electron chi connectivity index (χ0n) is 17.6. The van der Waals surface area contributed by atoms with Crippen LogP contribution >= 0.6 is 15.9 Å². The van der Waals surface area contributed by atoms with Gasteiger partial charge in [0, 0.05) is 9.86 Å². The number of quaternary nitrogens is 1. The molecule has 1 aromatic heterocycles. The first-order valence-corrected chi connectivity index (χ1v) is 11.0. The first-order chi connectivity index (χ1) is 15.5. The van der Waals surface area contributed by atoms with E-state index in [9.17, 15) is 9.90 Å². The molecular formula is C22H24BrN4O5+. The molecular weight excluding hydrogens is 480 g/mol. The van der Waals surface area contributed by atoms with Crippen LogP contribution in [-0.2, 0) is 16.2 Å². The second-order valence-electron chi connectivity index (χ2n) is 7.34. The van der Waals surface area contributed by atoms with Crippen LogP contribution in [0.1, 0.15) is 0 Å². The Morgan fingerprint density at radius 1 is 1.19 bits per heavy atom. The maximum absolute atomic E-state index is 12.2. The second kappa shape index (κ2) is 10.1.